The molecule has 0 atom stereocenters. The lowest BCUT2D eigenvalue weighted by Crippen LogP contribution is -1.98. The SMILES string of the molecule is COc1ncc(/C=C(\N)C=O)cn1. The summed E-state index contributed by atoms with van der Waals surface area (Å²) in [5.74, 6) is 0. The van der Waals surface area contributed by atoms with Gasteiger partial charge in [0.1, 0.15) is 0 Å². The van der Waals surface area contributed by atoms with Gasteiger partial charge in [0, 0.05) is 18.0 Å². The molecule has 13 heavy (non-hydrogen) atoms. The monoisotopic (exact) mass is 179 g/mol. The van der Waals surface area contributed by atoms with Gasteiger partial charge >= 0.3 is 6.01 Å². The molecule has 0 radical (unpaired) electrons. The predicted octanol–water partition coefficient (Wildman–Crippen LogP) is -0.0163. The third kappa shape index (κ3) is 2.55. The van der Waals surface area contributed by atoms with Gasteiger partial charge in [0.2, 0.25) is 0 Å². The molecule has 0 fully saturated rings. The molecule has 2 N–H and O–H groups in total. The average molecular weight is 179 g/mol. The maximum atomic E-state index is 10.2. The molecule has 0 aromatic carbocycles. The Morgan fingerprint density at radius 1 is 1.54 bits per heavy atom. The lowest BCUT2D eigenvalue weighted by atomic mass is 10.3. The zero-order valence-electron chi connectivity index (χ0n) is 7.10. The van der Waals surface area contributed by atoms with Crippen LogP contribution >= 0.6 is 0 Å². The summed E-state index contributed by atoms with van der Waals surface area (Å²) in [6, 6.07) is 0.279. The minimum Gasteiger partial charge on any atom is -0.467 e. The molecule has 0 aliphatic rings. The standard InChI is InChI=1S/C8H9N3O2/c1-13-8-10-3-6(4-11-8)2-7(9)5-12/h2-5H,9H2,1H3/b7-2-. The van der Waals surface area contributed by atoms with E-state index >= 15 is 0 Å². The van der Waals surface area contributed by atoms with Crippen molar-refractivity contribution in [2.24, 2.45) is 5.73 Å². The van der Waals surface area contributed by atoms with Gasteiger partial charge in [-0.2, -0.15) is 0 Å². The van der Waals surface area contributed by atoms with E-state index in [1.54, 1.807) is 0 Å². The van der Waals surface area contributed by atoms with E-state index in [1.165, 1.54) is 25.6 Å². The first-order chi connectivity index (χ1) is 6.26. The minimum atomic E-state index is 0.133. The molecule has 5 heteroatoms. The van der Waals surface area contributed by atoms with Gasteiger partial charge in [-0.05, 0) is 6.08 Å². The number of hydrogen-bond donors (Lipinski definition) is 1. The van der Waals surface area contributed by atoms with Crippen molar-refractivity contribution in [1.82, 2.24) is 9.97 Å². The maximum absolute atomic E-state index is 10.2. The second-order valence-corrected chi connectivity index (χ2v) is 2.27. The van der Waals surface area contributed by atoms with Crippen molar-refractivity contribution in [2.75, 3.05) is 7.11 Å². The molecule has 1 aromatic rings. The molecule has 5 nitrogen and oxygen atoms in total. The summed E-state index contributed by atoms with van der Waals surface area (Å²) in [4.78, 5) is 17.8. The molecular formula is C8H9N3O2. The Hall–Kier alpha value is -1.91. The number of methoxy groups -OCH3 is 1. The number of ether oxygens (including phenoxy) is 1. The van der Waals surface area contributed by atoms with Crippen LogP contribution in [0.15, 0.2) is 18.1 Å². The van der Waals surface area contributed by atoms with Gasteiger partial charge in [-0.25, -0.2) is 9.97 Å². The van der Waals surface area contributed by atoms with Crippen LogP contribution in [0.25, 0.3) is 6.08 Å². The Bertz CT molecular complexity index is 319. The van der Waals surface area contributed by atoms with Crippen LogP contribution in [-0.2, 0) is 4.79 Å². The van der Waals surface area contributed by atoms with Crippen LogP contribution in [0.4, 0.5) is 0 Å². The highest BCUT2D eigenvalue weighted by molar-refractivity contribution is 5.79. The van der Waals surface area contributed by atoms with E-state index in [0.717, 1.165) is 0 Å². The molecule has 1 heterocycles. The molecule has 0 aliphatic heterocycles. The summed E-state index contributed by atoms with van der Waals surface area (Å²) in [7, 11) is 1.48. The quantitative estimate of drug-likeness (QED) is 0.521. The van der Waals surface area contributed by atoms with E-state index in [2.05, 4.69) is 9.97 Å². The number of aldehydes is 1. The van der Waals surface area contributed by atoms with Gasteiger partial charge in [0.05, 0.1) is 12.8 Å². The molecule has 0 unspecified atom stereocenters. The van der Waals surface area contributed by atoms with Crippen molar-refractivity contribution in [3.63, 3.8) is 0 Å². The molecule has 0 bridgehead atoms. The van der Waals surface area contributed by atoms with Crippen molar-refractivity contribution < 1.29 is 9.53 Å². The molecule has 0 amide bonds. The first-order valence-corrected chi connectivity index (χ1v) is 3.54. The molecule has 0 saturated heterocycles. The van der Waals surface area contributed by atoms with Crippen LogP contribution in [0.1, 0.15) is 5.56 Å². The van der Waals surface area contributed by atoms with E-state index in [4.69, 9.17) is 10.5 Å². The average Bonchev–Trinajstić information content (AvgIpc) is 2.19. The summed E-state index contributed by atoms with van der Waals surface area (Å²) >= 11 is 0. The number of carbonyl (C=O) groups excluding carboxylic acids is 1. The number of nitrogens with two attached hydrogens (primary N) is 1. The fourth-order valence-corrected chi connectivity index (χ4v) is 0.733. The fraction of sp³-hybridized carbons (Fsp3) is 0.125. The highest BCUT2D eigenvalue weighted by Gasteiger charge is 1.94. The summed E-state index contributed by atoms with van der Waals surface area (Å²) in [6.45, 7) is 0. The van der Waals surface area contributed by atoms with E-state index < -0.39 is 0 Å². The highest BCUT2D eigenvalue weighted by Crippen LogP contribution is 2.03. The van der Waals surface area contributed by atoms with Gasteiger partial charge in [0.15, 0.2) is 6.29 Å². The molecular weight excluding hydrogens is 170 g/mol. The predicted molar refractivity (Wildman–Crippen MR) is 46.8 cm³/mol. The number of allylic oxidation sites excluding steroid dienone is 1. The fourth-order valence-electron chi connectivity index (χ4n) is 0.733. The smallest absolute Gasteiger partial charge is 0.316 e. The molecule has 68 valence electrons. The first kappa shape index (κ1) is 9.18. The normalized spacial score (nSPS) is 11.0. The summed E-state index contributed by atoms with van der Waals surface area (Å²) in [6.07, 6.45) is 5.07. The molecule has 0 aliphatic carbocycles. The van der Waals surface area contributed by atoms with Crippen molar-refractivity contribution in [3.05, 3.63) is 23.7 Å². The Morgan fingerprint density at radius 2 is 2.15 bits per heavy atom. The van der Waals surface area contributed by atoms with Gasteiger partial charge in [-0.1, -0.05) is 0 Å². The van der Waals surface area contributed by atoms with Gasteiger partial charge in [-0.15, -0.1) is 0 Å². The third-order valence-corrected chi connectivity index (χ3v) is 1.30. The Labute approximate surface area is 75.3 Å². The lowest BCUT2D eigenvalue weighted by Gasteiger charge is -1.96. The van der Waals surface area contributed by atoms with Crippen molar-refractivity contribution in [3.8, 4) is 6.01 Å². The number of rotatable bonds is 3. The molecule has 0 spiro atoms. The highest BCUT2D eigenvalue weighted by atomic mass is 16.5. The van der Waals surface area contributed by atoms with Gasteiger partial charge in [-0.3, -0.25) is 4.79 Å². The van der Waals surface area contributed by atoms with Crippen LogP contribution in [0.3, 0.4) is 0 Å². The van der Waals surface area contributed by atoms with Crippen LogP contribution in [0, 0.1) is 0 Å². The van der Waals surface area contributed by atoms with Crippen molar-refractivity contribution >= 4 is 12.4 Å². The largest absolute Gasteiger partial charge is 0.467 e. The van der Waals surface area contributed by atoms with Crippen molar-refractivity contribution in [2.45, 2.75) is 0 Å². The maximum Gasteiger partial charge on any atom is 0.316 e. The Balaban J connectivity index is 2.86. The summed E-state index contributed by atoms with van der Waals surface area (Å²) in [5.41, 5.74) is 6.07. The molecule has 1 rings (SSSR count). The first-order valence-electron chi connectivity index (χ1n) is 3.54. The zero-order valence-corrected chi connectivity index (χ0v) is 7.10. The second-order valence-electron chi connectivity index (χ2n) is 2.27. The number of nitrogens with zero attached hydrogens (tertiary/aromatic N) is 2. The van der Waals surface area contributed by atoms with Crippen LogP contribution in [-0.4, -0.2) is 23.4 Å². The van der Waals surface area contributed by atoms with Crippen molar-refractivity contribution in [1.29, 1.82) is 0 Å². The second kappa shape index (κ2) is 4.20. The number of aromatic nitrogens is 2. The topological polar surface area (TPSA) is 78.1 Å². The summed E-state index contributed by atoms with van der Waals surface area (Å²) < 4.78 is 4.76. The zero-order chi connectivity index (χ0) is 9.68. The van der Waals surface area contributed by atoms with Gasteiger partial charge < -0.3 is 10.5 Å². The Morgan fingerprint density at radius 3 is 2.62 bits per heavy atom. The van der Waals surface area contributed by atoms with Crippen LogP contribution in [0.2, 0.25) is 0 Å². The Kier molecular flexibility index (Phi) is 2.97. The van der Waals surface area contributed by atoms with E-state index in [1.807, 2.05) is 0 Å². The van der Waals surface area contributed by atoms with E-state index in [-0.39, 0.29) is 11.7 Å². The van der Waals surface area contributed by atoms with Gasteiger partial charge in [0.25, 0.3) is 0 Å². The molecule has 1 aromatic heterocycles. The van der Waals surface area contributed by atoms with E-state index in [9.17, 15) is 4.79 Å². The third-order valence-electron chi connectivity index (χ3n) is 1.30. The number of carbonyl (C=O) groups is 1. The lowest BCUT2D eigenvalue weighted by molar-refractivity contribution is -0.104. The minimum absolute atomic E-state index is 0.133. The van der Waals surface area contributed by atoms with Crippen LogP contribution < -0.4 is 10.5 Å². The molecule has 0 saturated carbocycles. The number of hydrogen-bond acceptors (Lipinski definition) is 5. The van der Waals surface area contributed by atoms with E-state index in [0.29, 0.717) is 11.8 Å². The van der Waals surface area contributed by atoms with Crippen LogP contribution in [0.5, 0.6) is 6.01 Å². The summed E-state index contributed by atoms with van der Waals surface area (Å²) in [5, 5.41) is 0.